The van der Waals surface area contributed by atoms with Crippen LogP contribution in [0.3, 0.4) is 0 Å². The Kier molecular flexibility index (Phi) is 3.05. The highest BCUT2D eigenvalue weighted by Gasteiger charge is 2.30. The molecule has 0 spiro atoms. The molecular weight excluding hydrogens is 258 g/mol. The fourth-order valence-corrected chi connectivity index (χ4v) is 2.77. The Balaban J connectivity index is 2.34. The Morgan fingerprint density at radius 1 is 1.44 bits per heavy atom. The molecule has 96 valence electrons. The Bertz CT molecular complexity index is 624. The van der Waals surface area contributed by atoms with Crippen LogP contribution in [0.1, 0.15) is 5.56 Å². The van der Waals surface area contributed by atoms with E-state index in [1.54, 1.807) is 18.2 Å². The molecule has 0 aliphatic carbocycles. The smallest absolute Gasteiger partial charge is 0.263 e. The van der Waals surface area contributed by atoms with Gasteiger partial charge in [-0.3, -0.25) is 14.5 Å². The first kappa shape index (κ1) is 12.5. The summed E-state index contributed by atoms with van der Waals surface area (Å²) in [5.41, 5.74) is 5.28. The lowest BCUT2D eigenvalue weighted by molar-refractivity contribution is -0.125. The highest BCUT2D eigenvalue weighted by atomic mass is 32.2. The second-order valence-corrected chi connectivity index (χ2v) is 5.36. The topological polar surface area (TPSA) is 122 Å². The average Bonchev–Trinajstić information content (AvgIpc) is 2.59. The minimum absolute atomic E-state index is 0.103. The molecule has 1 unspecified atom stereocenters. The van der Waals surface area contributed by atoms with Gasteiger partial charge in [-0.25, -0.2) is 8.42 Å². The molecule has 0 aromatic heterocycles. The number of carbonyl (C=O) groups excluding carboxylic acids is 1. The van der Waals surface area contributed by atoms with Crippen LogP contribution in [0.4, 0.5) is 0 Å². The van der Waals surface area contributed by atoms with E-state index in [4.69, 9.17) is 5.73 Å². The van der Waals surface area contributed by atoms with Gasteiger partial charge in [0.15, 0.2) is 6.10 Å². The van der Waals surface area contributed by atoms with Gasteiger partial charge in [0.05, 0.1) is 11.4 Å². The number of primary amides is 1. The monoisotopic (exact) mass is 269 g/mol. The Morgan fingerprint density at radius 3 is 2.78 bits per heavy atom. The Hall–Kier alpha value is -1.93. The number of hydrogen-bond acceptors (Lipinski definition) is 5. The zero-order chi connectivity index (χ0) is 13.3. The minimum atomic E-state index is -3.60. The van der Waals surface area contributed by atoms with Crippen molar-refractivity contribution in [2.45, 2.75) is 11.0 Å². The van der Waals surface area contributed by atoms with E-state index in [0.29, 0.717) is 5.56 Å². The van der Waals surface area contributed by atoms with Crippen molar-refractivity contribution in [3.63, 3.8) is 0 Å². The second-order valence-electron chi connectivity index (χ2n) is 3.71. The number of aliphatic hydroxyl groups is 1. The van der Waals surface area contributed by atoms with Crippen molar-refractivity contribution in [1.82, 2.24) is 4.72 Å². The van der Waals surface area contributed by atoms with Gasteiger partial charge in [0.2, 0.25) is 5.91 Å². The molecule has 0 saturated heterocycles. The molecule has 7 nitrogen and oxygen atoms in total. The highest BCUT2D eigenvalue weighted by Crippen LogP contribution is 2.21. The predicted molar refractivity (Wildman–Crippen MR) is 63.4 cm³/mol. The van der Waals surface area contributed by atoms with Gasteiger partial charge in [0.25, 0.3) is 10.0 Å². The number of nitrogens with zero attached hydrogens (tertiary/aromatic N) is 1. The summed E-state index contributed by atoms with van der Waals surface area (Å²) in [5, 5.41) is 9.21. The number of fused-ring (bicyclic) bond motifs is 1. The number of carbonyl (C=O) groups is 1. The van der Waals surface area contributed by atoms with Gasteiger partial charge in [0, 0.05) is 5.56 Å². The third-order valence-corrected chi connectivity index (χ3v) is 3.81. The quantitative estimate of drug-likeness (QED) is 0.622. The number of aliphatic imine (C=N–C) groups is 1. The van der Waals surface area contributed by atoms with Crippen molar-refractivity contribution < 1.29 is 18.3 Å². The fourth-order valence-electron chi connectivity index (χ4n) is 1.52. The van der Waals surface area contributed by atoms with Crippen molar-refractivity contribution in [2.75, 3.05) is 6.54 Å². The molecule has 4 N–H and O–H groups in total. The fraction of sp³-hybridized carbons (Fsp3) is 0.200. The summed E-state index contributed by atoms with van der Waals surface area (Å²) < 4.78 is 25.6. The van der Waals surface area contributed by atoms with E-state index >= 15 is 0 Å². The van der Waals surface area contributed by atoms with Crippen molar-refractivity contribution in [3.8, 4) is 0 Å². The van der Waals surface area contributed by atoms with Gasteiger partial charge in [-0.15, -0.1) is 0 Å². The van der Waals surface area contributed by atoms with Gasteiger partial charge in [-0.1, -0.05) is 12.1 Å². The molecule has 1 aliphatic rings. The van der Waals surface area contributed by atoms with E-state index in [0.717, 1.165) is 0 Å². The normalized spacial score (nSPS) is 20.2. The van der Waals surface area contributed by atoms with E-state index in [-0.39, 0.29) is 17.3 Å². The van der Waals surface area contributed by atoms with E-state index in [9.17, 15) is 18.3 Å². The molecule has 18 heavy (non-hydrogen) atoms. The summed E-state index contributed by atoms with van der Waals surface area (Å²) in [6.07, 6.45) is -1.44. The average molecular weight is 269 g/mol. The molecular formula is C10H11N3O4S. The van der Waals surface area contributed by atoms with E-state index < -0.39 is 22.0 Å². The zero-order valence-corrected chi connectivity index (χ0v) is 10.0. The minimum Gasteiger partial charge on any atom is -0.381 e. The first-order chi connectivity index (χ1) is 8.42. The number of amides is 1. The van der Waals surface area contributed by atoms with E-state index in [1.165, 1.54) is 6.07 Å². The largest absolute Gasteiger partial charge is 0.381 e. The van der Waals surface area contributed by atoms with E-state index in [2.05, 4.69) is 9.71 Å². The van der Waals surface area contributed by atoms with Crippen LogP contribution in [0.15, 0.2) is 34.2 Å². The molecule has 1 aliphatic heterocycles. The van der Waals surface area contributed by atoms with Crippen LogP contribution >= 0.6 is 0 Å². The molecule has 1 atom stereocenters. The zero-order valence-electron chi connectivity index (χ0n) is 9.20. The predicted octanol–water partition coefficient (Wildman–Crippen LogP) is -1.43. The Labute approximate surface area is 103 Å². The van der Waals surface area contributed by atoms with E-state index in [1.807, 2.05) is 0 Å². The molecule has 0 saturated carbocycles. The standard InChI is InChI=1S/C10H11N3O4S/c11-9(15)7(14)5-12-10-6-3-1-2-4-8(6)18(16,17)13-10/h1-4,7,14H,5H2,(H2,11,15)(H,12,13). The molecule has 1 aromatic rings. The van der Waals surface area contributed by atoms with Gasteiger partial charge in [0.1, 0.15) is 5.84 Å². The van der Waals surface area contributed by atoms with Crippen molar-refractivity contribution in [2.24, 2.45) is 10.7 Å². The maximum atomic E-state index is 11.7. The number of benzene rings is 1. The van der Waals surface area contributed by atoms with Crippen molar-refractivity contribution in [1.29, 1.82) is 0 Å². The maximum absolute atomic E-state index is 11.7. The summed E-state index contributed by atoms with van der Waals surface area (Å²) in [4.78, 5) is 14.6. The van der Waals surface area contributed by atoms with Crippen LogP contribution in [0.25, 0.3) is 0 Å². The maximum Gasteiger partial charge on any atom is 0.263 e. The van der Waals surface area contributed by atoms with Crippen LogP contribution in [0, 0.1) is 0 Å². The summed E-state index contributed by atoms with van der Waals surface area (Å²) >= 11 is 0. The van der Waals surface area contributed by atoms with Crippen LogP contribution in [-0.2, 0) is 14.8 Å². The molecule has 8 heteroatoms. The number of amidine groups is 1. The van der Waals surface area contributed by atoms with Gasteiger partial charge in [-0.2, -0.15) is 0 Å². The summed E-state index contributed by atoms with van der Waals surface area (Å²) in [6, 6.07) is 6.30. The molecule has 1 amide bonds. The van der Waals surface area contributed by atoms with Gasteiger partial charge < -0.3 is 10.8 Å². The van der Waals surface area contributed by atoms with Crippen molar-refractivity contribution in [3.05, 3.63) is 29.8 Å². The van der Waals surface area contributed by atoms with Crippen molar-refractivity contribution >= 4 is 21.8 Å². The number of hydrogen-bond donors (Lipinski definition) is 3. The lowest BCUT2D eigenvalue weighted by Crippen LogP contribution is -2.32. The number of nitrogens with two attached hydrogens (primary N) is 1. The molecule has 0 fully saturated rings. The molecule has 0 radical (unpaired) electrons. The lowest BCUT2D eigenvalue weighted by Gasteiger charge is -2.03. The Morgan fingerprint density at radius 2 is 2.11 bits per heavy atom. The summed E-state index contributed by atoms with van der Waals surface area (Å²) in [7, 11) is -3.60. The highest BCUT2D eigenvalue weighted by molar-refractivity contribution is 7.90. The number of aliphatic hydroxyl groups excluding tert-OH is 1. The number of sulfonamides is 1. The molecule has 1 heterocycles. The first-order valence-corrected chi connectivity index (χ1v) is 6.54. The van der Waals surface area contributed by atoms with Crippen LogP contribution in [-0.4, -0.2) is 37.9 Å². The number of rotatable bonds is 3. The lowest BCUT2D eigenvalue weighted by atomic mass is 10.2. The molecule has 1 aromatic carbocycles. The van der Waals surface area contributed by atoms with Gasteiger partial charge in [-0.05, 0) is 12.1 Å². The third-order valence-electron chi connectivity index (χ3n) is 2.41. The van der Waals surface area contributed by atoms with Crippen LogP contribution in [0.2, 0.25) is 0 Å². The molecule has 0 bridgehead atoms. The first-order valence-electron chi connectivity index (χ1n) is 5.06. The SMILES string of the molecule is NC(=O)C(O)CN=C1NS(=O)(=O)c2ccccc21. The summed E-state index contributed by atoms with van der Waals surface area (Å²) in [6.45, 7) is -0.290. The van der Waals surface area contributed by atoms with Crippen LogP contribution in [0.5, 0.6) is 0 Å². The summed E-state index contributed by atoms with van der Waals surface area (Å²) in [5.74, 6) is -0.806. The van der Waals surface area contributed by atoms with Crippen LogP contribution < -0.4 is 10.5 Å². The van der Waals surface area contributed by atoms with Gasteiger partial charge >= 0.3 is 0 Å². The molecule has 2 rings (SSSR count). The third kappa shape index (κ3) is 2.20. The number of nitrogens with one attached hydrogen (secondary N) is 1. The second kappa shape index (κ2) is 4.39.